The Hall–Kier alpha value is -4.43. The normalized spacial score (nSPS) is 21.4. The van der Waals surface area contributed by atoms with E-state index in [1.807, 2.05) is 0 Å². The number of hydrogen-bond donors (Lipinski definition) is 0. The predicted molar refractivity (Wildman–Crippen MR) is 206 cm³/mol. The molecule has 2 aliphatic carbocycles. The molecule has 2 heterocycles. The lowest BCUT2D eigenvalue weighted by Crippen LogP contribution is -2.36. The van der Waals surface area contributed by atoms with Gasteiger partial charge in [0.2, 0.25) is 5.69 Å². The Morgan fingerprint density at radius 1 is 0.667 bits per heavy atom. The molecule has 0 N–H and O–H groups in total. The van der Waals surface area contributed by atoms with Crippen molar-refractivity contribution in [3.8, 4) is 0 Å². The van der Waals surface area contributed by atoms with Gasteiger partial charge in [0.15, 0.2) is 5.71 Å². The summed E-state index contributed by atoms with van der Waals surface area (Å²) in [6.07, 6.45) is 31.1. The Kier molecular flexibility index (Phi) is 8.07. The van der Waals surface area contributed by atoms with E-state index in [9.17, 15) is 0 Å². The van der Waals surface area contributed by atoms with Crippen LogP contribution in [0.2, 0.25) is 0 Å². The number of anilines is 1. The Bertz CT molecular complexity index is 2070. The van der Waals surface area contributed by atoms with Gasteiger partial charge in [-0.15, -0.1) is 0 Å². The molecule has 0 radical (unpaired) electrons. The van der Waals surface area contributed by atoms with Crippen LogP contribution >= 0.6 is 0 Å². The van der Waals surface area contributed by atoms with Crippen molar-refractivity contribution in [1.82, 2.24) is 0 Å². The molecule has 2 aliphatic heterocycles. The average Bonchev–Trinajstić information content (AvgIpc) is 3.49. The maximum atomic E-state index is 2.47. The second-order valence-corrected chi connectivity index (χ2v) is 14.7. The summed E-state index contributed by atoms with van der Waals surface area (Å²) in [5.74, 6) is 0. The zero-order valence-electron chi connectivity index (χ0n) is 29.0. The fourth-order valence-electron chi connectivity index (χ4n) is 9.87. The summed E-state index contributed by atoms with van der Waals surface area (Å²) in [4.78, 5) is 2.47. The third-order valence-electron chi connectivity index (χ3n) is 12.1. The minimum absolute atomic E-state index is 0.115. The predicted octanol–water partition coefficient (Wildman–Crippen LogP) is 11.8. The molecule has 4 aliphatic rings. The number of benzene rings is 4. The molecule has 8 rings (SSSR count). The number of fused-ring (bicyclic) bond motifs is 8. The van der Waals surface area contributed by atoms with Gasteiger partial charge in [0.05, 0.1) is 5.41 Å². The van der Waals surface area contributed by atoms with Gasteiger partial charge in [-0.3, -0.25) is 0 Å². The number of likely N-dealkylation sites (N-methyl/N-ethyl adjacent to an activating group) is 1. The van der Waals surface area contributed by atoms with Crippen molar-refractivity contribution in [3.63, 3.8) is 0 Å². The molecule has 2 spiro atoms. The first-order chi connectivity index (χ1) is 23.5. The van der Waals surface area contributed by atoms with Gasteiger partial charge in [-0.05, 0) is 77.9 Å². The van der Waals surface area contributed by atoms with Crippen molar-refractivity contribution in [1.29, 1.82) is 0 Å². The summed E-state index contributed by atoms with van der Waals surface area (Å²) in [6, 6.07) is 27.2. The van der Waals surface area contributed by atoms with E-state index in [0.29, 0.717) is 0 Å². The minimum atomic E-state index is 0.115. The smallest absolute Gasteiger partial charge is 0.210 e. The van der Waals surface area contributed by atoms with Gasteiger partial charge in [0.1, 0.15) is 7.05 Å². The van der Waals surface area contributed by atoms with Crippen molar-refractivity contribution in [2.24, 2.45) is 0 Å². The zero-order valence-corrected chi connectivity index (χ0v) is 29.0. The molecule has 4 aromatic rings. The molecule has 2 saturated carbocycles. The first-order valence-corrected chi connectivity index (χ1v) is 18.3. The summed E-state index contributed by atoms with van der Waals surface area (Å²) >= 11 is 0. The Morgan fingerprint density at radius 3 is 2.00 bits per heavy atom. The highest BCUT2D eigenvalue weighted by molar-refractivity contribution is 6.08. The van der Waals surface area contributed by atoms with Crippen LogP contribution in [0.5, 0.6) is 0 Å². The van der Waals surface area contributed by atoms with Crippen LogP contribution in [0.4, 0.5) is 11.4 Å². The van der Waals surface area contributed by atoms with Crippen LogP contribution in [0, 0.1) is 0 Å². The van der Waals surface area contributed by atoms with E-state index < -0.39 is 0 Å². The largest absolute Gasteiger partial charge is 0.347 e. The number of rotatable bonds is 5. The first kappa shape index (κ1) is 30.9. The molecule has 0 aromatic heterocycles. The maximum Gasteiger partial charge on any atom is 0.210 e. The van der Waals surface area contributed by atoms with Gasteiger partial charge in [-0.1, -0.05) is 135 Å². The van der Waals surface area contributed by atoms with Crippen LogP contribution in [-0.2, 0) is 10.8 Å². The average molecular weight is 630 g/mol. The molecule has 48 heavy (non-hydrogen) atoms. The molecular formula is C46H49N2+. The Labute approximate surface area is 287 Å². The summed E-state index contributed by atoms with van der Waals surface area (Å²) in [5, 5.41) is 5.57. The summed E-state index contributed by atoms with van der Waals surface area (Å²) < 4.78 is 2.47. The third kappa shape index (κ3) is 4.95. The van der Waals surface area contributed by atoms with Gasteiger partial charge in [-0.2, -0.15) is 4.58 Å². The lowest BCUT2D eigenvalue weighted by Gasteiger charge is -2.36. The fourth-order valence-corrected chi connectivity index (χ4v) is 9.87. The van der Waals surface area contributed by atoms with Crippen LogP contribution in [-0.4, -0.2) is 24.4 Å². The van der Waals surface area contributed by atoms with Gasteiger partial charge >= 0.3 is 0 Å². The fraction of sp³-hybridized carbons (Fsp3) is 0.326. The summed E-state index contributed by atoms with van der Waals surface area (Å²) in [7, 11) is 4.54. The van der Waals surface area contributed by atoms with E-state index in [-0.39, 0.29) is 10.8 Å². The number of allylic oxidation sites excluding steroid dienone is 10. The second-order valence-electron chi connectivity index (χ2n) is 14.7. The van der Waals surface area contributed by atoms with Crippen molar-refractivity contribution in [3.05, 3.63) is 144 Å². The van der Waals surface area contributed by atoms with E-state index in [4.69, 9.17) is 0 Å². The molecule has 242 valence electrons. The Balaban J connectivity index is 1.03. The van der Waals surface area contributed by atoms with E-state index in [1.165, 1.54) is 114 Å². The van der Waals surface area contributed by atoms with Crippen LogP contribution in [0.25, 0.3) is 21.5 Å². The highest BCUT2D eigenvalue weighted by Crippen LogP contribution is 2.57. The van der Waals surface area contributed by atoms with Gasteiger partial charge < -0.3 is 4.90 Å². The van der Waals surface area contributed by atoms with Crippen molar-refractivity contribution in [2.75, 3.05) is 19.0 Å². The monoisotopic (exact) mass is 629 g/mol. The molecule has 0 amide bonds. The molecule has 2 heteroatoms. The third-order valence-corrected chi connectivity index (χ3v) is 12.1. The standard InChI is InChI=1S/C46H49N2/c1-34(18-6-12-24-41-45(30-14-4-15-31-45)43-37-22-10-8-20-35(37)26-28-39(43)47(41)2)19-7-13-25-42-46(32-16-5-17-33-46)44-38-23-11-9-21-36(38)27-29-40(44)48(42)3/h6-13,18-29H,4-5,14-17,30-33H2,1-3H3/q+1. The first-order valence-electron chi connectivity index (χ1n) is 18.3. The van der Waals surface area contributed by atoms with Crippen LogP contribution in [0.15, 0.2) is 133 Å². The van der Waals surface area contributed by atoms with Crippen LogP contribution < -0.4 is 4.90 Å². The minimum Gasteiger partial charge on any atom is -0.347 e. The quantitative estimate of drug-likeness (QED) is 0.157. The molecule has 2 nitrogen and oxygen atoms in total. The lowest BCUT2D eigenvalue weighted by atomic mass is 9.66. The van der Waals surface area contributed by atoms with Gasteiger partial charge in [0, 0.05) is 41.6 Å². The summed E-state index contributed by atoms with van der Waals surface area (Å²) in [6.45, 7) is 2.20. The highest BCUT2D eigenvalue weighted by atomic mass is 15.2. The highest BCUT2D eigenvalue weighted by Gasteiger charge is 2.51. The van der Waals surface area contributed by atoms with E-state index in [1.54, 1.807) is 11.1 Å². The van der Waals surface area contributed by atoms with E-state index in [0.717, 1.165) is 0 Å². The molecule has 0 bridgehead atoms. The Morgan fingerprint density at radius 2 is 1.29 bits per heavy atom. The van der Waals surface area contributed by atoms with Crippen LogP contribution in [0.1, 0.15) is 82.3 Å². The summed E-state index contributed by atoms with van der Waals surface area (Å²) in [5.41, 5.74) is 10.3. The molecule has 4 aromatic carbocycles. The molecule has 0 atom stereocenters. The SMILES string of the molecule is CC(/C=C/C=C/C1=[N+](C)c2ccc3ccccc3c2C12CCCCC2)=C\C=C\C=C1\N(C)c2ccc3ccccc3c2C12CCCCC2. The molecule has 0 unspecified atom stereocenters. The molecular weight excluding hydrogens is 581 g/mol. The number of nitrogens with zero attached hydrogens (tertiary/aromatic N) is 2. The van der Waals surface area contributed by atoms with E-state index in [2.05, 4.69) is 152 Å². The van der Waals surface area contributed by atoms with Crippen molar-refractivity contribution in [2.45, 2.75) is 82.0 Å². The topological polar surface area (TPSA) is 6.25 Å². The van der Waals surface area contributed by atoms with E-state index >= 15 is 0 Å². The van der Waals surface area contributed by atoms with Crippen LogP contribution in [0.3, 0.4) is 0 Å². The second kappa shape index (κ2) is 12.5. The number of hydrogen-bond acceptors (Lipinski definition) is 1. The lowest BCUT2D eigenvalue weighted by molar-refractivity contribution is -0.401. The molecule has 0 saturated heterocycles. The van der Waals surface area contributed by atoms with Gasteiger partial charge in [0.25, 0.3) is 0 Å². The van der Waals surface area contributed by atoms with Gasteiger partial charge in [-0.25, -0.2) is 0 Å². The van der Waals surface area contributed by atoms with Crippen molar-refractivity contribution >= 4 is 38.6 Å². The van der Waals surface area contributed by atoms with Crippen molar-refractivity contribution < 1.29 is 4.58 Å². The zero-order chi connectivity index (χ0) is 32.7. The maximum absolute atomic E-state index is 2.47. The molecule has 2 fully saturated rings.